The van der Waals surface area contributed by atoms with Crippen molar-refractivity contribution in [1.29, 1.82) is 0 Å². The van der Waals surface area contributed by atoms with Gasteiger partial charge in [-0.1, -0.05) is 0 Å². The van der Waals surface area contributed by atoms with E-state index in [0.29, 0.717) is 0 Å². The van der Waals surface area contributed by atoms with Gasteiger partial charge in [0.15, 0.2) is 0 Å². The average Bonchev–Trinajstić information content (AvgIpc) is 0. The average molecular weight is 256 g/mol. The number of rotatable bonds is 0. The van der Waals surface area contributed by atoms with Gasteiger partial charge in [0.05, 0.1) is 0 Å². The van der Waals surface area contributed by atoms with Gasteiger partial charge in [-0.25, -0.2) is 0 Å². The van der Waals surface area contributed by atoms with Crippen molar-refractivity contribution in [2.24, 2.45) is 0 Å². The summed E-state index contributed by atoms with van der Waals surface area (Å²) < 4.78 is 0. The van der Waals surface area contributed by atoms with Gasteiger partial charge in [0, 0.05) is 0 Å². The van der Waals surface area contributed by atoms with E-state index in [9.17, 15) is 0 Å². The summed E-state index contributed by atoms with van der Waals surface area (Å²) in [4.78, 5) is 0. The van der Waals surface area contributed by atoms with Crippen molar-refractivity contribution in [2.75, 3.05) is 0 Å². The van der Waals surface area contributed by atoms with Crippen LogP contribution in [-0.4, -0.2) is 0 Å². The van der Waals surface area contributed by atoms with Gasteiger partial charge < -0.3 is 28.4 Å². The smallest absolute Gasteiger partial charge is 0.693 e. The Balaban J connectivity index is 0. The molecule has 0 aromatic heterocycles. The van der Waals surface area contributed by atoms with E-state index >= 15 is 0 Å². The van der Waals surface area contributed by atoms with Crippen molar-refractivity contribution in [1.82, 2.24) is 0 Å². The van der Waals surface area contributed by atoms with E-state index in [1.165, 1.54) is 0 Å². The molecule has 38 valence electrons. The molecule has 0 aromatic carbocycles. The molecule has 0 amide bonds. The Labute approximate surface area is 50.0 Å². The Hall–Kier alpha value is 0.648. The van der Waals surface area contributed by atoms with Gasteiger partial charge in [0.2, 0.25) is 0 Å². The molecule has 0 radical (unpaired) electrons. The zero-order chi connectivity index (χ0) is 0. The van der Waals surface area contributed by atoms with Crippen molar-refractivity contribution in [3.05, 3.63) is 28.4 Å². The largest absolute Gasteiger partial charge is 4.00 e. The number of nitrogens with two attached hydrogens (primary N) is 1. The molecule has 0 bridgehead atoms. The molecule has 2 heteroatoms. The molecule has 0 fully saturated rings. The Morgan fingerprint density at radius 3 is 0.600 bits per heavy atom. The Kier molecular flexibility index (Phi) is 8550. The number of hydrogen-bond donors (Lipinski definition) is 0. The third-order valence-corrected chi connectivity index (χ3v) is 0. The minimum Gasteiger partial charge on any atom is -0.693 e. The molecule has 0 aromatic rings. The molecule has 0 aliphatic carbocycles. The summed E-state index contributed by atoms with van der Waals surface area (Å²) in [7, 11) is 0. The minimum atomic E-state index is 0. The summed E-state index contributed by atoms with van der Waals surface area (Å²) in [6, 6.07) is 0. The molecule has 0 saturated carbocycles. The van der Waals surface area contributed by atoms with Crippen molar-refractivity contribution in [3.8, 4) is 0 Å². The van der Waals surface area contributed by atoms with Crippen LogP contribution in [0, 0.1) is 22.3 Å². The summed E-state index contributed by atoms with van der Waals surface area (Å²) in [5, 5.41) is 0. The first-order valence-electron chi connectivity index (χ1n) is 0. The summed E-state index contributed by atoms with van der Waals surface area (Å²) in [5.74, 6) is 0. The first-order valence-corrected chi connectivity index (χ1v) is 0. The summed E-state index contributed by atoms with van der Waals surface area (Å²) in [5.41, 5.74) is 0. The van der Waals surface area contributed by atoms with E-state index in [2.05, 4.69) is 0 Å². The van der Waals surface area contributed by atoms with Crippen LogP contribution in [0.25, 0.3) is 6.15 Å². The zero-order valence-corrected chi connectivity index (χ0v) is 6.17. The van der Waals surface area contributed by atoms with Crippen LogP contribution in [0.1, 0.15) is 0 Å². The van der Waals surface area contributed by atoms with Gasteiger partial charge in [-0.2, -0.15) is 0 Å². The van der Waals surface area contributed by atoms with E-state index in [0.717, 1.165) is 0 Å². The molecule has 0 spiro atoms. The van der Waals surface area contributed by atoms with E-state index in [1.807, 2.05) is 0 Å². The van der Waals surface area contributed by atoms with Gasteiger partial charge >= 0.3 is 21.1 Å². The number of hydrogen-bond acceptors (Lipinski definition) is 0. The monoisotopic (exact) mass is 256 g/mol. The summed E-state index contributed by atoms with van der Waals surface area (Å²) in [6.07, 6.45) is 0. The normalized spacial score (nSPS) is 0. The molecular weight excluding hydrogens is 245 g/mol. The molecule has 0 atom stereocenters. The SMILES string of the molecule is [CH3-].[CH3-].[CH3-].[NH2-].[Pt+4]. The Morgan fingerprint density at radius 1 is 0.600 bits per heavy atom. The predicted molar refractivity (Wildman–Crippen MR) is 24.5 cm³/mol. The van der Waals surface area contributed by atoms with Crippen LogP contribution in [0.5, 0.6) is 0 Å². The van der Waals surface area contributed by atoms with E-state index in [4.69, 9.17) is 0 Å². The van der Waals surface area contributed by atoms with Crippen molar-refractivity contribution < 1.29 is 21.1 Å². The zero-order valence-electron chi connectivity index (χ0n) is 3.89. The second kappa shape index (κ2) is 147. The quantitative estimate of drug-likeness (QED) is 0.594. The molecule has 0 rings (SSSR count). The molecule has 0 heterocycles. The maximum atomic E-state index is 0. The predicted octanol–water partition coefficient (Wildman–Crippen LogP) is 2.07. The van der Waals surface area contributed by atoms with Crippen LogP contribution in [0.2, 0.25) is 0 Å². The van der Waals surface area contributed by atoms with E-state index in [1.54, 1.807) is 0 Å². The first-order chi connectivity index (χ1) is 0. The topological polar surface area (TPSA) is 33.5 Å². The molecule has 0 aliphatic heterocycles. The molecule has 0 aliphatic rings. The molecule has 0 unspecified atom stereocenters. The Bertz CT molecular complexity index is 6.85. The second-order valence-corrected chi connectivity index (χ2v) is 0. The van der Waals surface area contributed by atoms with Crippen molar-refractivity contribution in [3.63, 3.8) is 0 Å². The van der Waals surface area contributed by atoms with Crippen LogP contribution in [0.3, 0.4) is 0 Å². The second-order valence-electron chi connectivity index (χ2n) is 0. The van der Waals surface area contributed by atoms with Crippen LogP contribution >= 0.6 is 0 Å². The first kappa shape index (κ1) is 290. The molecule has 5 heavy (non-hydrogen) atoms. The van der Waals surface area contributed by atoms with Gasteiger partial charge in [0.25, 0.3) is 0 Å². The third-order valence-electron chi connectivity index (χ3n) is 0. The maximum absolute atomic E-state index is 0. The van der Waals surface area contributed by atoms with Crippen molar-refractivity contribution in [2.45, 2.75) is 0 Å². The fourth-order valence-corrected chi connectivity index (χ4v) is 0. The van der Waals surface area contributed by atoms with Crippen LogP contribution < -0.4 is 0 Å². The molecule has 2 N–H and O–H groups in total. The van der Waals surface area contributed by atoms with Crippen LogP contribution in [0.4, 0.5) is 0 Å². The van der Waals surface area contributed by atoms with E-state index in [-0.39, 0.29) is 49.5 Å². The fourth-order valence-electron chi connectivity index (χ4n) is 0. The molecule has 0 saturated heterocycles. The van der Waals surface area contributed by atoms with Gasteiger partial charge in [0.1, 0.15) is 0 Å². The van der Waals surface area contributed by atoms with Crippen LogP contribution in [-0.2, 0) is 21.1 Å². The Morgan fingerprint density at radius 2 is 0.600 bits per heavy atom. The maximum Gasteiger partial charge on any atom is 4.00 e. The molecular formula is C3H11NPt. The van der Waals surface area contributed by atoms with Crippen LogP contribution in [0.15, 0.2) is 0 Å². The van der Waals surface area contributed by atoms with Crippen molar-refractivity contribution >= 4 is 0 Å². The third kappa shape index (κ3) is 77.6. The van der Waals surface area contributed by atoms with Gasteiger partial charge in [-0.15, -0.1) is 0 Å². The van der Waals surface area contributed by atoms with Gasteiger partial charge in [-0.05, 0) is 0 Å². The summed E-state index contributed by atoms with van der Waals surface area (Å²) >= 11 is 0. The standard InChI is InChI=1S/3CH3.H2N.Pt/h3*1H3;1H2;/q4*-1;+4. The van der Waals surface area contributed by atoms with E-state index < -0.39 is 0 Å². The van der Waals surface area contributed by atoms with Gasteiger partial charge in [-0.3, -0.25) is 0 Å². The fraction of sp³-hybridized carbons (Fsp3) is 0. The minimum absolute atomic E-state index is 0. The summed E-state index contributed by atoms with van der Waals surface area (Å²) in [6.45, 7) is 0. The molecule has 1 nitrogen and oxygen atoms in total.